The summed E-state index contributed by atoms with van der Waals surface area (Å²) in [6, 6.07) is 7.93. The number of nitrogens with one attached hydrogen (secondary N) is 3. The number of hydrogen-bond donors (Lipinski definition) is 3. The molecule has 2 aromatic carbocycles. The second-order valence-corrected chi connectivity index (χ2v) is 9.79. The number of hydrogen-bond acceptors (Lipinski definition) is 7. The van der Waals surface area contributed by atoms with Crippen LogP contribution in [0, 0.1) is 11.7 Å². The number of benzene rings is 2. The van der Waals surface area contributed by atoms with Crippen LogP contribution in [-0.4, -0.2) is 54.6 Å². The van der Waals surface area contributed by atoms with Crippen molar-refractivity contribution in [3.8, 4) is 5.75 Å². The van der Waals surface area contributed by atoms with Gasteiger partial charge in [0.2, 0.25) is 5.95 Å². The second-order valence-electron chi connectivity index (χ2n) is 9.79. The molecule has 5 rings (SSSR count). The summed E-state index contributed by atoms with van der Waals surface area (Å²) in [5.74, 6) is -2.09. The Morgan fingerprint density at radius 1 is 1.13 bits per heavy atom. The van der Waals surface area contributed by atoms with Crippen molar-refractivity contribution < 1.29 is 31.8 Å². The molecule has 3 heterocycles. The van der Waals surface area contributed by atoms with Crippen LogP contribution in [0.3, 0.4) is 0 Å². The van der Waals surface area contributed by atoms with Crippen molar-refractivity contribution in [2.75, 3.05) is 31.6 Å². The minimum absolute atomic E-state index is 0.0884. The number of anilines is 1. The molecule has 2 fully saturated rings. The first-order chi connectivity index (χ1) is 18.7. The number of carbonyl (C=O) groups is 1. The fourth-order valence-electron chi connectivity index (χ4n) is 5.04. The minimum Gasteiger partial charge on any atom is -0.403 e. The van der Waals surface area contributed by atoms with Gasteiger partial charge in [0.05, 0.1) is 11.6 Å². The molecule has 12 heteroatoms. The molecule has 0 spiro atoms. The molecule has 8 nitrogen and oxygen atoms in total. The van der Waals surface area contributed by atoms with Crippen molar-refractivity contribution >= 4 is 22.8 Å². The monoisotopic (exact) mass is 547 g/mol. The summed E-state index contributed by atoms with van der Waals surface area (Å²) >= 11 is 0. The van der Waals surface area contributed by atoms with Crippen molar-refractivity contribution in [1.29, 1.82) is 0 Å². The number of nitrogens with zero attached hydrogens (tertiary/aromatic N) is 2. The second kappa shape index (κ2) is 11.7. The SMILES string of the molecule is O=C(N[C@@H](c1ccc(OC(F)(F)F)c(F)c1)[C@H]1CCCNC1)c1ccc2cnc(NC3CCOCC3)nc2c1. The number of alkyl halides is 3. The van der Waals surface area contributed by atoms with E-state index >= 15 is 0 Å². The molecule has 3 aromatic rings. The Bertz CT molecular complexity index is 1310. The molecule has 0 radical (unpaired) electrons. The number of fused-ring (bicyclic) bond motifs is 1. The fourth-order valence-corrected chi connectivity index (χ4v) is 5.04. The van der Waals surface area contributed by atoms with Crippen LogP contribution in [0.1, 0.15) is 47.6 Å². The smallest absolute Gasteiger partial charge is 0.403 e. The Morgan fingerprint density at radius 2 is 1.95 bits per heavy atom. The molecule has 0 aliphatic carbocycles. The maximum Gasteiger partial charge on any atom is 0.573 e. The van der Waals surface area contributed by atoms with Crippen LogP contribution in [-0.2, 0) is 4.74 Å². The lowest BCUT2D eigenvalue weighted by molar-refractivity contribution is -0.275. The number of rotatable bonds is 7. The standard InChI is InChI=1S/C27H29F4N5O3/c28-21-12-16(5-6-23(21)39-27(29,30)31)24(19-2-1-9-32-14-19)36-25(37)17-3-4-18-15-33-26(35-22(18)13-17)34-20-7-10-38-11-8-20/h3-6,12-13,15,19-20,24,32H,1-2,7-11,14H2,(H,36,37)(H,33,34,35)/t19-,24-/m0/s1. The lowest BCUT2D eigenvalue weighted by atomic mass is 9.87. The van der Waals surface area contributed by atoms with E-state index in [1.165, 1.54) is 6.07 Å². The van der Waals surface area contributed by atoms with E-state index in [1.807, 2.05) is 0 Å². The minimum atomic E-state index is -5.01. The molecule has 0 bridgehead atoms. The Morgan fingerprint density at radius 3 is 2.67 bits per heavy atom. The number of carbonyl (C=O) groups excluding carboxylic acids is 1. The predicted octanol–water partition coefficient (Wildman–Crippen LogP) is 4.73. The van der Waals surface area contributed by atoms with Crippen LogP contribution < -0.4 is 20.7 Å². The zero-order valence-corrected chi connectivity index (χ0v) is 21.1. The predicted molar refractivity (Wildman–Crippen MR) is 136 cm³/mol. The van der Waals surface area contributed by atoms with Gasteiger partial charge in [-0.2, -0.15) is 0 Å². The molecule has 2 atom stereocenters. The van der Waals surface area contributed by atoms with Gasteiger partial charge in [-0.15, -0.1) is 13.2 Å². The zero-order chi connectivity index (χ0) is 27.4. The van der Waals surface area contributed by atoms with Gasteiger partial charge in [0.15, 0.2) is 11.6 Å². The van der Waals surface area contributed by atoms with Gasteiger partial charge in [-0.1, -0.05) is 12.1 Å². The molecule has 2 aliphatic rings. The summed E-state index contributed by atoms with van der Waals surface area (Å²) in [6.45, 7) is 2.74. The number of piperidine rings is 1. The normalized spacial score (nSPS) is 19.4. The molecule has 2 saturated heterocycles. The molecule has 39 heavy (non-hydrogen) atoms. The highest BCUT2D eigenvalue weighted by atomic mass is 19.4. The molecular weight excluding hydrogens is 518 g/mol. The highest BCUT2D eigenvalue weighted by Crippen LogP contribution is 2.32. The molecule has 1 aromatic heterocycles. The molecule has 0 saturated carbocycles. The Labute approximate surface area is 222 Å². The first-order valence-electron chi connectivity index (χ1n) is 12.9. The van der Waals surface area contributed by atoms with E-state index in [1.54, 1.807) is 24.4 Å². The molecule has 2 aliphatic heterocycles. The summed E-state index contributed by atoms with van der Waals surface area (Å²) < 4.78 is 61.6. The summed E-state index contributed by atoms with van der Waals surface area (Å²) in [5.41, 5.74) is 1.29. The molecular formula is C27H29F4N5O3. The van der Waals surface area contributed by atoms with Crippen molar-refractivity contribution in [1.82, 2.24) is 20.6 Å². The van der Waals surface area contributed by atoms with Crippen molar-refractivity contribution in [2.24, 2.45) is 5.92 Å². The Hall–Kier alpha value is -3.51. The van der Waals surface area contributed by atoms with Gasteiger partial charge < -0.3 is 25.4 Å². The topological polar surface area (TPSA) is 97.4 Å². The van der Waals surface area contributed by atoms with Crippen molar-refractivity contribution in [2.45, 2.75) is 44.1 Å². The molecule has 1 amide bonds. The van der Waals surface area contributed by atoms with E-state index in [0.29, 0.717) is 42.4 Å². The first kappa shape index (κ1) is 27.1. The van der Waals surface area contributed by atoms with Crippen LogP contribution in [0.5, 0.6) is 5.75 Å². The van der Waals surface area contributed by atoms with Gasteiger partial charge >= 0.3 is 6.36 Å². The highest BCUT2D eigenvalue weighted by Gasteiger charge is 2.33. The van der Waals surface area contributed by atoms with E-state index in [4.69, 9.17) is 4.74 Å². The van der Waals surface area contributed by atoms with Gasteiger partial charge in [0, 0.05) is 42.9 Å². The fraction of sp³-hybridized carbons (Fsp3) is 0.444. The van der Waals surface area contributed by atoms with Crippen molar-refractivity contribution in [3.63, 3.8) is 0 Å². The van der Waals surface area contributed by atoms with E-state index in [-0.39, 0.29) is 12.0 Å². The Balaban J connectivity index is 1.37. The van der Waals surface area contributed by atoms with Gasteiger partial charge in [0.1, 0.15) is 0 Å². The summed E-state index contributed by atoms with van der Waals surface area (Å²) in [6.07, 6.45) is -0.00786. The van der Waals surface area contributed by atoms with Gasteiger partial charge in [0.25, 0.3) is 5.91 Å². The summed E-state index contributed by atoms with van der Waals surface area (Å²) in [4.78, 5) is 22.3. The Kier molecular flexibility index (Phi) is 8.12. The van der Waals surface area contributed by atoms with E-state index < -0.39 is 29.9 Å². The van der Waals surface area contributed by atoms with Gasteiger partial charge in [-0.25, -0.2) is 14.4 Å². The molecule has 3 N–H and O–H groups in total. The third-order valence-corrected chi connectivity index (χ3v) is 7.03. The van der Waals surface area contributed by atoms with Crippen LogP contribution in [0.15, 0.2) is 42.6 Å². The van der Waals surface area contributed by atoms with E-state index in [2.05, 4.69) is 30.7 Å². The van der Waals surface area contributed by atoms with E-state index in [0.717, 1.165) is 49.7 Å². The van der Waals surface area contributed by atoms with Gasteiger partial charge in [-0.05, 0) is 68.0 Å². The lowest BCUT2D eigenvalue weighted by Gasteiger charge is -2.32. The average molecular weight is 548 g/mol. The van der Waals surface area contributed by atoms with E-state index in [9.17, 15) is 22.4 Å². The summed E-state index contributed by atoms with van der Waals surface area (Å²) in [5, 5.41) is 10.3. The van der Waals surface area contributed by atoms with Crippen molar-refractivity contribution in [3.05, 3.63) is 59.5 Å². The van der Waals surface area contributed by atoms with Gasteiger partial charge in [-0.3, -0.25) is 4.79 Å². The third-order valence-electron chi connectivity index (χ3n) is 7.03. The molecule has 0 unspecified atom stereocenters. The average Bonchev–Trinajstić information content (AvgIpc) is 2.93. The lowest BCUT2D eigenvalue weighted by Crippen LogP contribution is -2.41. The van der Waals surface area contributed by atoms with Crippen LogP contribution in [0.2, 0.25) is 0 Å². The number of ether oxygens (including phenoxy) is 2. The quantitative estimate of drug-likeness (QED) is 0.368. The molecule has 208 valence electrons. The van der Waals surface area contributed by atoms with Crippen LogP contribution in [0.25, 0.3) is 10.9 Å². The van der Waals surface area contributed by atoms with Crippen LogP contribution >= 0.6 is 0 Å². The number of halogens is 4. The van der Waals surface area contributed by atoms with Crippen LogP contribution in [0.4, 0.5) is 23.5 Å². The maximum atomic E-state index is 14.6. The number of amides is 1. The maximum absolute atomic E-state index is 14.6. The largest absolute Gasteiger partial charge is 0.573 e. The highest BCUT2D eigenvalue weighted by molar-refractivity contribution is 5.98. The third kappa shape index (κ3) is 6.93. The summed E-state index contributed by atoms with van der Waals surface area (Å²) in [7, 11) is 0. The first-order valence-corrected chi connectivity index (χ1v) is 12.9. The zero-order valence-electron chi connectivity index (χ0n) is 21.1. The number of aromatic nitrogens is 2.